The molecule has 0 fully saturated rings. The second-order valence-corrected chi connectivity index (χ2v) is 5.26. The van der Waals surface area contributed by atoms with Gasteiger partial charge >= 0.3 is 0 Å². The van der Waals surface area contributed by atoms with Gasteiger partial charge in [-0.1, -0.05) is 76.1 Å². The molecular formula is C18H16N4O3. The lowest BCUT2D eigenvalue weighted by Crippen LogP contribution is -2.29. The van der Waals surface area contributed by atoms with E-state index in [4.69, 9.17) is 10.3 Å². The molecule has 0 aliphatic rings. The molecule has 7 heteroatoms. The van der Waals surface area contributed by atoms with Gasteiger partial charge in [-0.05, 0) is 0 Å². The number of nitrogens with two attached hydrogens (primary N) is 1. The molecule has 2 aromatic carbocycles. The highest BCUT2D eigenvalue weighted by Crippen LogP contribution is 2.23. The van der Waals surface area contributed by atoms with Crippen molar-refractivity contribution in [2.24, 2.45) is 16.0 Å². The summed E-state index contributed by atoms with van der Waals surface area (Å²) in [5, 5.41) is 29.2. The molecule has 126 valence electrons. The molecule has 0 aliphatic heterocycles. The number of rotatable bonds is 5. The van der Waals surface area contributed by atoms with E-state index in [1.807, 2.05) is 36.4 Å². The van der Waals surface area contributed by atoms with E-state index >= 15 is 0 Å². The van der Waals surface area contributed by atoms with E-state index in [0.29, 0.717) is 11.3 Å². The van der Waals surface area contributed by atoms with Gasteiger partial charge in [0.25, 0.3) is 0 Å². The monoisotopic (exact) mass is 336 g/mol. The summed E-state index contributed by atoms with van der Waals surface area (Å²) in [6, 6.07) is 18.9. The Hall–Kier alpha value is -3.45. The number of benzene rings is 2. The lowest BCUT2D eigenvalue weighted by molar-refractivity contribution is 0.310. The van der Waals surface area contributed by atoms with E-state index in [1.165, 1.54) is 0 Å². The summed E-state index contributed by atoms with van der Waals surface area (Å²) in [6.07, 6.45) is 0. The van der Waals surface area contributed by atoms with Crippen LogP contribution in [0.3, 0.4) is 0 Å². The van der Waals surface area contributed by atoms with Crippen LogP contribution in [0.15, 0.2) is 81.6 Å². The van der Waals surface area contributed by atoms with Crippen molar-refractivity contribution in [2.45, 2.75) is 6.04 Å². The minimum atomic E-state index is -0.957. The second kappa shape index (κ2) is 7.41. The Balaban J connectivity index is 1.91. The van der Waals surface area contributed by atoms with Crippen LogP contribution in [0.2, 0.25) is 0 Å². The molecule has 3 aromatic rings. The minimum absolute atomic E-state index is 0.0375. The van der Waals surface area contributed by atoms with Crippen molar-refractivity contribution in [3.63, 3.8) is 0 Å². The predicted molar refractivity (Wildman–Crippen MR) is 92.9 cm³/mol. The van der Waals surface area contributed by atoms with Crippen molar-refractivity contribution in [3.8, 4) is 11.3 Å². The van der Waals surface area contributed by atoms with E-state index in [1.54, 1.807) is 30.3 Å². The molecule has 3 rings (SSSR count). The maximum absolute atomic E-state index is 9.40. The number of aromatic nitrogens is 1. The van der Waals surface area contributed by atoms with Crippen LogP contribution < -0.4 is 5.73 Å². The Bertz CT molecular complexity index is 889. The van der Waals surface area contributed by atoms with Crippen molar-refractivity contribution < 1.29 is 14.9 Å². The summed E-state index contributed by atoms with van der Waals surface area (Å²) in [5.74, 6) is 0.281. The zero-order valence-corrected chi connectivity index (χ0v) is 13.1. The first-order valence-electron chi connectivity index (χ1n) is 7.52. The van der Waals surface area contributed by atoms with E-state index in [0.717, 1.165) is 5.56 Å². The van der Waals surface area contributed by atoms with E-state index < -0.39 is 6.04 Å². The third-order valence-corrected chi connectivity index (χ3v) is 3.70. The van der Waals surface area contributed by atoms with Crippen LogP contribution in [-0.4, -0.2) is 27.0 Å². The van der Waals surface area contributed by atoms with Crippen LogP contribution in [0.1, 0.15) is 17.4 Å². The number of oxime groups is 2. The SMILES string of the molecule is NC(C(=N\O)/C(=N/O)c1ccccc1)c1cc(-c2ccccc2)no1. The Kier molecular flexibility index (Phi) is 4.87. The Morgan fingerprint density at radius 1 is 0.960 bits per heavy atom. The van der Waals surface area contributed by atoms with Crippen molar-refractivity contribution in [2.75, 3.05) is 0 Å². The summed E-state index contributed by atoms with van der Waals surface area (Å²) in [7, 11) is 0. The average molecular weight is 336 g/mol. The summed E-state index contributed by atoms with van der Waals surface area (Å²) < 4.78 is 5.29. The molecule has 7 nitrogen and oxygen atoms in total. The minimum Gasteiger partial charge on any atom is -0.411 e. The van der Waals surface area contributed by atoms with Gasteiger partial charge in [0, 0.05) is 17.2 Å². The second-order valence-electron chi connectivity index (χ2n) is 5.26. The zero-order chi connectivity index (χ0) is 17.6. The van der Waals surface area contributed by atoms with Gasteiger partial charge in [-0.25, -0.2) is 0 Å². The molecule has 0 amide bonds. The summed E-state index contributed by atoms with van der Waals surface area (Å²) in [4.78, 5) is 0. The third kappa shape index (κ3) is 3.41. The molecule has 0 saturated heterocycles. The predicted octanol–water partition coefficient (Wildman–Crippen LogP) is 3.05. The molecule has 0 saturated carbocycles. The van der Waals surface area contributed by atoms with Crippen molar-refractivity contribution in [1.29, 1.82) is 0 Å². The maximum atomic E-state index is 9.40. The molecule has 0 radical (unpaired) electrons. The highest BCUT2D eigenvalue weighted by atomic mass is 16.5. The van der Waals surface area contributed by atoms with Crippen LogP contribution in [-0.2, 0) is 0 Å². The normalized spacial score (nSPS) is 13.6. The van der Waals surface area contributed by atoms with Crippen LogP contribution >= 0.6 is 0 Å². The fraction of sp³-hybridized carbons (Fsp3) is 0.0556. The largest absolute Gasteiger partial charge is 0.411 e. The van der Waals surface area contributed by atoms with Gasteiger partial charge in [-0.2, -0.15) is 0 Å². The number of nitrogens with zero attached hydrogens (tertiary/aromatic N) is 3. The van der Waals surface area contributed by atoms with Gasteiger partial charge in [0.2, 0.25) is 0 Å². The first-order chi connectivity index (χ1) is 12.2. The molecule has 25 heavy (non-hydrogen) atoms. The van der Waals surface area contributed by atoms with Crippen LogP contribution in [0.5, 0.6) is 0 Å². The molecule has 1 unspecified atom stereocenters. The van der Waals surface area contributed by atoms with Gasteiger partial charge in [-0.15, -0.1) is 0 Å². The molecular weight excluding hydrogens is 320 g/mol. The standard InChI is InChI=1S/C18H16N4O3/c19-16(15-11-14(22-25-15)12-7-3-1-4-8-12)18(21-24)17(20-23)13-9-5-2-6-10-13/h1-11,16,23-24H,19H2/b20-17+,21-18+. The lowest BCUT2D eigenvalue weighted by atomic mass is 9.99. The maximum Gasteiger partial charge on any atom is 0.160 e. The smallest absolute Gasteiger partial charge is 0.160 e. The number of hydrogen-bond donors (Lipinski definition) is 3. The van der Waals surface area contributed by atoms with E-state index in [9.17, 15) is 10.4 Å². The van der Waals surface area contributed by atoms with Gasteiger partial charge in [0.05, 0.1) is 0 Å². The molecule has 0 bridgehead atoms. The fourth-order valence-electron chi connectivity index (χ4n) is 2.43. The highest BCUT2D eigenvalue weighted by molar-refractivity contribution is 6.49. The van der Waals surface area contributed by atoms with Gasteiger partial charge < -0.3 is 20.7 Å². The third-order valence-electron chi connectivity index (χ3n) is 3.70. The van der Waals surface area contributed by atoms with Gasteiger partial charge in [0.1, 0.15) is 23.2 Å². The molecule has 0 aliphatic carbocycles. The van der Waals surface area contributed by atoms with Crippen LogP contribution in [0, 0.1) is 0 Å². The molecule has 0 spiro atoms. The first-order valence-corrected chi connectivity index (χ1v) is 7.52. The zero-order valence-electron chi connectivity index (χ0n) is 13.1. The summed E-state index contributed by atoms with van der Waals surface area (Å²) in [6.45, 7) is 0. The lowest BCUT2D eigenvalue weighted by Gasteiger charge is -2.11. The molecule has 1 atom stereocenters. The molecule has 4 N–H and O–H groups in total. The van der Waals surface area contributed by atoms with Crippen molar-refractivity contribution in [3.05, 3.63) is 78.1 Å². The van der Waals surface area contributed by atoms with Gasteiger partial charge in [-0.3, -0.25) is 0 Å². The van der Waals surface area contributed by atoms with Gasteiger partial charge in [0.15, 0.2) is 5.76 Å². The van der Waals surface area contributed by atoms with E-state index in [-0.39, 0.29) is 17.2 Å². The topological polar surface area (TPSA) is 117 Å². The number of hydrogen-bond acceptors (Lipinski definition) is 7. The van der Waals surface area contributed by atoms with Crippen molar-refractivity contribution in [1.82, 2.24) is 5.16 Å². The highest BCUT2D eigenvalue weighted by Gasteiger charge is 2.26. The summed E-state index contributed by atoms with van der Waals surface area (Å²) in [5.41, 5.74) is 8.17. The first kappa shape index (κ1) is 16.4. The summed E-state index contributed by atoms with van der Waals surface area (Å²) >= 11 is 0. The van der Waals surface area contributed by atoms with Crippen molar-refractivity contribution >= 4 is 11.4 Å². The quantitative estimate of drug-likeness (QED) is 0.376. The Labute approximate surface area is 143 Å². The average Bonchev–Trinajstić information content (AvgIpc) is 3.17. The van der Waals surface area contributed by atoms with Crippen LogP contribution in [0.4, 0.5) is 0 Å². The molecule has 1 heterocycles. The molecule has 1 aromatic heterocycles. The van der Waals surface area contributed by atoms with E-state index in [2.05, 4.69) is 15.5 Å². The Morgan fingerprint density at radius 3 is 2.20 bits per heavy atom. The Morgan fingerprint density at radius 2 is 1.60 bits per heavy atom. The fourth-order valence-corrected chi connectivity index (χ4v) is 2.43. The van der Waals surface area contributed by atoms with Crippen LogP contribution in [0.25, 0.3) is 11.3 Å².